The number of hydrogen-bond donors (Lipinski definition) is 3. The van der Waals surface area contributed by atoms with Gasteiger partial charge in [-0.2, -0.15) is 0 Å². The minimum absolute atomic E-state index is 0.0506. The van der Waals surface area contributed by atoms with Crippen LogP contribution >= 0.6 is 35.4 Å². The summed E-state index contributed by atoms with van der Waals surface area (Å²) >= 11 is 16.7. The van der Waals surface area contributed by atoms with Gasteiger partial charge in [-0.3, -0.25) is 25.8 Å². The number of rotatable bonds is 2. The van der Waals surface area contributed by atoms with Gasteiger partial charge in [-0.25, -0.2) is 0 Å². The summed E-state index contributed by atoms with van der Waals surface area (Å²) in [6.45, 7) is 0. The Labute approximate surface area is 147 Å². The molecule has 118 valence electrons. The van der Waals surface area contributed by atoms with E-state index in [1.807, 2.05) is 0 Å². The molecule has 0 unspecified atom stereocenters. The van der Waals surface area contributed by atoms with Crippen LogP contribution in [-0.2, 0) is 0 Å². The Balaban J connectivity index is 1.90. The summed E-state index contributed by atoms with van der Waals surface area (Å²) in [6, 6.07) is 13.2. The number of thiocarbonyl (C=S) groups is 1. The van der Waals surface area contributed by atoms with Crippen LogP contribution in [0.4, 0.5) is 0 Å². The van der Waals surface area contributed by atoms with Crippen molar-refractivity contribution in [2.45, 2.75) is 0 Å². The van der Waals surface area contributed by atoms with E-state index in [0.29, 0.717) is 5.56 Å². The summed E-state index contributed by atoms with van der Waals surface area (Å²) < 4.78 is 0. The second kappa shape index (κ2) is 7.92. The van der Waals surface area contributed by atoms with E-state index in [0.717, 1.165) is 0 Å². The van der Waals surface area contributed by atoms with Gasteiger partial charge in [0.2, 0.25) is 0 Å². The topological polar surface area (TPSA) is 70.2 Å². The van der Waals surface area contributed by atoms with Crippen molar-refractivity contribution in [3.8, 4) is 0 Å². The van der Waals surface area contributed by atoms with E-state index in [9.17, 15) is 9.59 Å². The molecule has 0 aliphatic carbocycles. The summed E-state index contributed by atoms with van der Waals surface area (Å²) in [7, 11) is 0. The first-order valence-electron chi connectivity index (χ1n) is 6.40. The number of benzene rings is 2. The first-order valence-corrected chi connectivity index (χ1v) is 7.56. The van der Waals surface area contributed by atoms with Crippen molar-refractivity contribution in [3.05, 3.63) is 69.7 Å². The zero-order valence-corrected chi connectivity index (χ0v) is 13.9. The molecule has 0 fully saturated rings. The lowest BCUT2D eigenvalue weighted by Gasteiger charge is -2.11. The Morgan fingerprint density at radius 3 is 2.26 bits per heavy atom. The maximum Gasteiger partial charge on any atom is 0.271 e. The first kappa shape index (κ1) is 17.2. The van der Waals surface area contributed by atoms with Crippen LogP contribution in [0.1, 0.15) is 20.7 Å². The molecule has 0 bridgehead atoms. The van der Waals surface area contributed by atoms with Crippen molar-refractivity contribution in [2.24, 2.45) is 0 Å². The fourth-order valence-corrected chi connectivity index (χ4v) is 2.19. The lowest BCUT2D eigenvalue weighted by Crippen LogP contribution is -2.48. The number of halogens is 2. The molecule has 0 saturated heterocycles. The molecule has 23 heavy (non-hydrogen) atoms. The molecule has 2 rings (SSSR count). The molecule has 2 aromatic carbocycles. The highest BCUT2D eigenvalue weighted by atomic mass is 35.5. The van der Waals surface area contributed by atoms with Crippen LogP contribution in [0, 0.1) is 0 Å². The fourth-order valence-electron chi connectivity index (χ4n) is 1.66. The summed E-state index contributed by atoms with van der Waals surface area (Å²) in [5.74, 6) is -0.924. The molecule has 2 amide bonds. The van der Waals surface area contributed by atoms with Crippen LogP contribution in [0.25, 0.3) is 0 Å². The van der Waals surface area contributed by atoms with Crippen molar-refractivity contribution >= 4 is 52.3 Å². The highest BCUT2D eigenvalue weighted by molar-refractivity contribution is 7.80. The molecule has 5 nitrogen and oxygen atoms in total. The van der Waals surface area contributed by atoms with Gasteiger partial charge in [-0.15, -0.1) is 0 Å². The van der Waals surface area contributed by atoms with Crippen molar-refractivity contribution in [1.29, 1.82) is 0 Å². The van der Waals surface area contributed by atoms with Crippen molar-refractivity contribution in [1.82, 2.24) is 16.2 Å². The standard InChI is InChI=1S/C15H11Cl2N3O2S/c16-11-8-4-7-10(12(11)17)14(22)19-20-15(23)18-13(21)9-5-2-1-3-6-9/h1-8H,(H,19,22)(H2,18,20,21,23). The Morgan fingerprint density at radius 1 is 0.870 bits per heavy atom. The van der Waals surface area contributed by atoms with Gasteiger partial charge in [-0.1, -0.05) is 47.5 Å². The third-order valence-corrected chi connectivity index (χ3v) is 3.77. The molecule has 8 heteroatoms. The number of hydrogen-bond acceptors (Lipinski definition) is 3. The lowest BCUT2D eigenvalue weighted by molar-refractivity contribution is 0.0934. The van der Waals surface area contributed by atoms with Gasteiger partial charge in [0.05, 0.1) is 15.6 Å². The Bertz CT molecular complexity index is 754. The molecule has 0 heterocycles. The number of nitrogens with one attached hydrogen (secondary N) is 3. The Morgan fingerprint density at radius 2 is 1.57 bits per heavy atom. The minimum Gasteiger partial charge on any atom is -0.298 e. The number of hydrazine groups is 1. The molecule has 0 spiro atoms. The molecule has 0 radical (unpaired) electrons. The average molecular weight is 368 g/mol. The van der Waals surface area contributed by atoms with Crippen LogP contribution in [0.3, 0.4) is 0 Å². The second-order valence-electron chi connectivity index (χ2n) is 4.33. The summed E-state index contributed by atoms with van der Waals surface area (Å²) in [4.78, 5) is 23.9. The maximum atomic E-state index is 12.0. The lowest BCUT2D eigenvalue weighted by atomic mass is 10.2. The molecular formula is C15H11Cl2N3O2S. The quantitative estimate of drug-likeness (QED) is 0.563. The van der Waals surface area contributed by atoms with E-state index < -0.39 is 11.8 Å². The smallest absolute Gasteiger partial charge is 0.271 e. The summed E-state index contributed by atoms with van der Waals surface area (Å²) in [5.41, 5.74) is 5.39. The molecule has 3 N–H and O–H groups in total. The van der Waals surface area contributed by atoms with E-state index >= 15 is 0 Å². The Hall–Kier alpha value is -2.15. The summed E-state index contributed by atoms with van der Waals surface area (Å²) in [5, 5.41) is 2.78. The average Bonchev–Trinajstić information content (AvgIpc) is 2.56. The SMILES string of the molecule is O=C(NC(=S)NNC(=O)c1cccc(Cl)c1Cl)c1ccccc1. The van der Waals surface area contributed by atoms with E-state index in [1.54, 1.807) is 42.5 Å². The Kier molecular flexibility index (Phi) is 5.92. The number of carbonyl (C=O) groups is 2. The third-order valence-electron chi connectivity index (χ3n) is 2.75. The van der Waals surface area contributed by atoms with Gasteiger partial charge >= 0.3 is 0 Å². The molecule has 2 aromatic rings. The molecular weight excluding hydrogens is 357 g/mol. The minimum atomic E-state index is -0.534. The molecule has 0 atom stereocenters. The van der Waals surface area contributed by atoms with Crippen LogP contribution in [0.2, 0.25) is 10.0 Å². The first-order chi connectivity index (χ1) is 11.0. The van der Waals surface area contributed by atoms with E-state index in [4.69, 9.17) is 35.4 Å². The number of carbonyl (C=O) groups excluding carboxylic acids is 2. The predicted molar refractivity (Wildman–Crippen MR) is 93.6 cm³/mol. The van der Waals surface area contributed by atoms with Gasteiger partial charge in [0, 0.05) is 5.56 Å². The van der Waals surface area contributed by atoms with E-state index in [2.05, 4.69) is 16.2 Å². The van der Waals surface area contributed by atoms with Gasteiger partial charge in [-0.05, 0) is 36.5 Å². The normalized spacial score (nSPS) is 9.83. The van der Waals surface area contributed by atoms with E-state index in [-0.39, 0.29) is 20.7 Å². The van der Waals surface area contributed by atoms with Crippen molar-refractivity contribution in [2.75, 3.05) is 0 Å². The monoisotopic (exact) mass is 367 g/mol. The fraction of sp³-hybridized carbons (Fsp3) is 0. The highest BCUT2D eigenvalue weighted by Crippen LogP contribution is 2.25. The highest BCUT2D eigenvalue weighted by Gasteiger charge is 2.13. The van der Waals surface area contributed by atoms with Gasteiger partial charge < -0.3 is 0 Å². The van der Waals surface area contributed by atoms with E-state index in [1.165, 1.54) is 6.07 Å². The van der Waals surface area contributed by atoms with Gasteiger partial charge in [0.15, 0.2) is 5.11 Å². The molecule has 0 saturated carbocycles. The second-order valence-corrected chi connectivity index (χ2v) is 5.52. The molecule has 0 aromatic heterocycles. The van der Waals surface area contributed by atoms with Gasteiger partial charge in [0.1, 0.15) is 0 Å². The predicted octanol–water partition coefficient (Wildman–Crippen LogP) is 2.94. The van der Waals surface area contributed by atoms with Crippen LogP contribution < -0.4 is 16.2 Å². The van der Waals surface area contributed by atoms with Crippen LogP contribution in [0.5, 0.6) is 0 Å². The zero-order chi connectivity index (χ0) is 16.8. The third kappa shape index (κ3) is 4.66. The van der Waals surface area contributed by atoms with Crippen molar-refractivity contribution < 1.29 is 9.59 Å². The zero-order valence-electron chi connectivity index (χ0n) is 11.6. The van der Waals surface area contributed by atoms with Crippen molar-refractivity contribution in [3.63, 3.8) is 0 Å². The van der Waals surface area contributed by atoms with Crippen LogP contribution in [0.15, 0.2) is 48.5 Å². The summed E-state index contributed by atoms with van der Waals surface area (Å²) in [6.07, 6.45) is 0. The van der Waals surface area contributed by atoms with Crippen LogP contribution in [-0.4, -0.2) is 16.9 Å². The molecule has 0 aliphatic heterocycles. The largest absolute Gasteiger partial charge is 0.298 e. The number of amides is 2. The molecule has 0 aliphatic rings. The van der Waals surface area contributed by atoms with Gasteiger partial charge in [0.25, 0.3) is 11.8 Å². The maximum absolute atomic E-state index is 12.0.